The molecule has 0 fully saturated rings. The van der Waals surface area contributed by atoms with Gasteiger partial charge in [-0.3, -0.25) is 4.79 Å². The fraction of sp³-hybridized carbons (Fsp3) is 0.588. The fourth-order valence-electron chi connectivity index (χ4n) is 2.36. The van der Waals surface area contributed by atoms with Gasteiger partial charge in [0.2, 0.25) is 11.5 Å². The third kappa shape index (κ3) is 4.72. The van der Waals surface area contributed by atoms with Crippen molar-refractivity contribution in [2.75, 3.05) is 19.8 Å². The van der Waals surface area contributed by atoms with E-state index in [9.17, 15) is 29.7 Å². The van der Waals surface area contributed by atoms with Crippen molar-refractivity contribution < 1.29 is 49.0 Å². The first-order chi connectivity index (χ1) is 12.8. The maximum absolute atomic E-state index is 12.6. The van der Waals surface area contributed by atoms with Crippen LogP contribution in [-0.4, -0.2) is 75.8 Å². The van der Waals surface area contributed by atoms with Crippen LogP contribution >= 0.6 is 0 Å². The number of hydrogen-bond donors (Lipinski definition) is 4. The average molecular weight is 388 g/mol. The Balaban J connectivity index is 3.52. The van der Waals surface area contributed by atoms with E-state index in [0.29, 0.717) is 12.8 Å². The van der Waals surface area contributed by atoms with E-state index in [1.807, 2.05) is 6.92 Å². The van der Waals surface area contributed by atoms with Crippen molar-refractivity contribution in [3.8, 4) is 0 Å². The van der Waals surface area contributed by atoms with E-state index in [1.54, 1.807) is 0 Å². The monoisotopic (exact) mass is 388 g/mol. The molecule has 27 heavy (non-hydrogen) atoms. The van der Waals surface area contributed by atoms with Crippen LogP contribution in [0.4, 0.5) is 0 Å². The second kappa shape index (κ2) is 10.2. The smallest absolute Gasteiger partial charge is 0.379 e. The molecular formula is C17H24O10. The van der Waals surface area contributed by atoms with Gasteiger partial charge in [0.05, 0.1) is 19.8 Å². The number of ether oxygens (including phenoxy) is 3. The van der Waals surface area contributed by atoms with Gasteiger partial charge in [0.25, 0.3) is 11.4 Å². The van der Waals surface area contributed by atoms with Gasteiger partial charge in [-0.1, -0.05) is 19.4 Å². The lowest BCUT2D eigenvalue weighted by Crippen LogP contribution is -2.58. The fourth-order valence-corrected chi connectivity index (χ4v) is 2.36. The maximum Gasteiger partial charge on any atom is 0.379 e. The Hall–Kier alpha value is -2.27. The van der Waals surface area contributed by atoms with Crippen molar-refractivity contribution in [2.24, 2.45) is 0 Å². The Morgan fingerprint density at radius 1 is 1.26 bits per heavy atom. The Morgan fingerprint density at radius 3 is 2.44 bits per heavy atom. The Bertz CT molecular complexity index is 623. The molecule has 0 spiro atoms. The van der Waals surface area contributed by atoms with E-state index in [4.69, 9.17) is 19.3 Å². The minimum Gasteiger partial charge on any atom is -0.489 e. The van der Waals surface area contributed by atoms with E-state index in [1.165, 1.54) is 13.0 Å². The molecule has 10 heteroatoms. The molecule has 0 amide bonds. The molecule has 4 N–H and O–H groups in total. The molecule has 10 nitrogen and oxygen atoms in total. The predicted octanol–water partition coefficient (Wildman–Crippen LogP) is -1.29. The summed E-state index contributed by atoms with van der Waals surface area (Å²) in [5.74, 6) is -5.02. The van der Waals surface area contributed by atoms with Gasteiger partial charge in [-0.15, -0.1) is 0 Å². The average Bonchev–Trinajstić information content (AvgIpc) is 2.93. The molecule has 1 rings (SSSR count). The highest BCUT2D eigenvalue weighted by atomic mass is 16.6. The highest BCUT2D eigenvalue weighted by Gasteiger charge is 2.62. The summed E-state index contributed by atoms with van der Waals surface area (Å²) in [7, 11) is 0. The molecule has 1 aliphatic heterocycles. The van der Waals surface area contributed by atoms with Gasteiger partial charge in [-0.2, -0.15) is 0 Å². The van der Waals surface area contributed by atoms with E-state index in [0.717, 1.165) is 6.08 Å². The van der Waals surface area contributed by atoms with E-state index in [-0.39, 0.29) is 6.61 Å². The number of cyclic esters (lactones) is 1. The molecule has 0 aromatic heterocycles. The maximum atomic E-state index is 12.6. The molecule has 152 valence electrons. The lowest BCUT2D eigenvalue weighted by molar-refractivity contribution is -0.180. The number of carbonyl (C=O) groups is 3. The number of rotatable bonds is 11. The Labute approximate surface area is 155 Å². The largest absolute Gasteiger partial charge is 0.489 e. The highest BCUT2D eigenvalue weighted by Crippen LogP contribution is 2.39. The molecule has 0 bridgehead atoms. The van der Waals surface area contributed by atoms with Gasteiger partial charge in [-0.25, -0.2) is 9.59 Å². The molecule has 3 atom stereocenters. The van der Waals surface area contributed by atoms with Crippen molar-refractivity contribution >= 4 is 17.7 Å². The van der Waals surface area contributed by atoms with Gasteiger partial charge < -0.3 is 34.6 Å². The number of hydrogen-bond acceptors (Lipinski definition) is 10. The van der Waals surface area contributed by atoms with Gasteiger partial charge in [0, 0.05) is 6.08 Å². The number of aliphatic hydroxyl groups is 4. The van der Waals surface area contributed by atoms with Crippen molar-refractivity contribution in [2.45, 2.75) is 44.5 Å². The molecule has 0 aromatic rings. The minimum absolute atomic E-state index is 0.0322. The predicted molar refractivity (Wildman–Crippen MR) is 88.8 cm³/mol. The Morgan fingerprint density at radius 2 is 1.93 bits per heavy atom. The third-order valence-corrected chi connectivity index (χ3v) is 3.72. The minimum atomic E-state index is -2.66. The molecular weight excluding hydrogens is 364 g/mol. The van der Waals surface area contributed by atoms with Crippen LogP contribution in [0.15, 0.2) is 23.7 Å². The number of ketones is 1. The van der Waals surface area contributed by atoms with Crippen LogP contribution in [0.2, 0.25) is 0 Å². The molecule has 0 aliphatic carbocycles. The summed E-state index contributed by atoms with van der Waals surface area (Å²) in [5.41, 5.74) is -2.66. The van der Waals surface area contributed by atoms with Gasteiger partial charge >= 0.3 is 11.9 Å². The van der Waals surface area contributed by atoms with Gasteiger partial charge in [-0.05, 0) is 13.3 Å². The summed E-state index contributed by atoms with van der Waals surface area (Å²) in [6.45, 7) is 1.26. The molecule has 1 aliphatic rings. The van der Waals surface area contributed by atoms with Crippen molar-refractivity contribution in [3.63, 3.8) is 0 Å². The number of allylic oxidation sites excluding steroid dienone is 1. The number of esters is 2. The zero-order valence-electron chi connectivity index (χ0n) is 15.1. The molecule has 0 saturated carbocycles. The first-order valence-corrected chi connectivity index (χ1v) is 8.37. The zero-order valence-corrected chi connectivity index (χ0v) is 15.1. The van der Waals surface area contributed by atoms with Crippen LogP contribution in [0, 0.1) is 0 Å². The summed E-state index contributed by atoms with van der Waals surface area (Å²) in [5, 5.41) is 38.4. The van der Waals surface area contributed by atoms with E-state index >= 15 is 0 Å². The zero-order chi connectivity index (χ0) is 20.6. The molecule has 0 aromatic carbocycles. The summed E-state index contributed by atoms with van der Waals surface area (Å²) < 4.78 is 15.2. The highest BCUT2D eigenvalue weighted by molar-refractivity contribution is 6.04. The first kappa shape index (κ1) is 22.8. The van der Waals surface area contributed by atoms with Gasteiger partial charge in [0.15, 0.2) is 0 Å². The van der Waals surface area contributed by atoms with Crippen molar-refractivity contribution in [1.29, 1.82) is 0 Å². The molecule has 0 saturated heterocycles. The third-order valence-electron chi connectivity index (χ3n) is 3.72. The SMILES string of the molecule is C/C=C/C(=O)OC1=C(OCCCC)[C@@](C(=O)C(O)CO)([C@@H](O)CO)OC1=O. The van der Waals surface area contributed by atoms with E-state index in [2.05, 4.69) is 0 Å². The second-order valence-corrected chi connectivity index (χ2v) is 5.67. The molecule has 1 heterocycles. The summed E-state index contributed by atoms with van der Waals surface area (Å²) in [6.07, 6.45) is -0.582. The number of carbonyl (C=O) groups excluding carboxylic acids is 3. The normalized spacial score (nSPS) is 21.9. The number of Topliss-reactive ketones (excluding diaryl/α,β-unsaturated/α-hetero) is 1. The topological polar surface area (TPSA) is 160 Å². The van der Waals surface area contributed by atoms with Crippen LogP contribution in [-0.2, 0) is 28.6 Å². The van der Waals surface area contributed by atoms with Gasteiger partial charge in [0.1, 0.15) is 12.2 Å². The van der Waals surface area contributed by atoms with Crippen molar-refractivity contribution in [1.82, 2.24) is 0 Å². The lowest BCUT2D eigenvalue weighted by Gasteiger charge is -2.33. The van der Waals surface area contributed by atoms with Crippen LogP contribution < -0.4 is 0 Å². The Kier molecular flexibility index (Phi) is 8.57. The van der Waals surface area contributed by atoms with Crippen LogP contribution in [0.25, 0.3) is 0 Å². The van der Waals surface area contributed by atoms with Crippen molar-refractivity contribution in [3.05, 3.63) is 23.7 Å². The second-order valence-electron chi connectivity index (χ2n) is 5.67. The standard InChI is InChI=1S/C17H24O10/c1-3-5-7-25-15-13(26-12(22)6-4-2)16(24)27-17(15,11(21)9-19)14(23)10(20)8-18/h4,6,10-11,18-21H,3,5,7-9H2,1-2H3/b6-4+/t10?,11-,17-/m0/s1. The molecule has 1 unspecified atom stereocenters. The number of aliphatic hydroxyl groups excluding tert-OH is 4. The van der Waals surface area contributed by atoms with Crippen LogP contribution in [0.1, 0.15) is 26.7 Å². The number of unbranched alkanes of at least 4 members (excludes halogenated alkanes) is 1. The summed E-state index contributed by atoms with van der Waals surface area (Å²) in [6, 6.07) is 0. The molecule has 0 radical (unpaired) electrons. The van der Waals surface area contributed by atoms with E-state index < -0.39 is 60.3 Å². The van der Waals surface area contributed by atoms with Crippen LogP contribution in [0.3, 0.4) is 0 Å². The van der Waals surface area contributed by atoms with Crippen LogP contribution in [0.5, 0.6) is 0 Å². The quantitative estimate of drug-likeness (QED) is 0.190. The lowest BCUT2D eigenvalue weighted by atomic mass is 9.87. The first-order valence-electron chi connectivity index (χ1n) is 8.37. The summed E-state index contributed by atoms with van der Waals surface area (Å²) >= 11 is 0. The summed E-state index contributed by atoms with van der Waals surface area (Å²) in [4.78, 5) is 36.6.